The van der Waals surface area contributed by atoms with Crippen LogP contribution in [0.1, 0.15) is 45.4 Å². The highest BCUT2D eigenvalue weighted by atomic mass is 17.1. The van der Waals surface area contributed by atoms with Crippen molar-refractivity contribution in [3.8, 4) is 0 Å². The van der Waals surface area contributed by atoms with Crippen LogP contribution in [-0.2, 0) is 24.0 Å². The molecule has 8 heteroatoms. The highest BCUT2D eigenvalue weighted by Gasteiger charge is 2.62. The Morgan fingerprint density at radius 3 is 2.50 bits per heavy atom. The van der Waals surface area contributed by atoms with Crippen molar-refractivity contribution >= 4 is 17.8 Å². The van der Waals surface area contributed by atoms with Crippen molar-refractivity contribution < 1.29 is 29.3 Å². The summed E-state index contributed by atoms with van der Waals surface area (Å²) < 4.78 is 5.14. The van der Waals surface area contributed by atoms with Gasteiger partial charge in [0.05, 0.1) is 24.5 Å². The van der Waals surface area contributed by atoms with E-state index in [0.717, 1.165) is 19.3 Å². The van der Waals surface area contributed by atoms with Crippen molar-refractivity contribution in [3.05, 3.63) is 25.3 Å². The van der Waals surface area contributed by atoms with Gasteiger partial charge in [-0.3, -0.25) is 14.8 Å². The minimum absolute atomic E-state index is 0.158. The van der Waals surface area contributed by atoms with Crippen LogP contribution in [0.15, 0.2) is 25.3 Å². The largest absolute Gasteiger partial charge is 0.464 e. The maximum atomic E-state index is 13.1. The number of carbonyl (C=O) groups is 3. The summed E-state index contributed by atoms with van der Waals surface area (Å²) in [5, 5.41) is 12.0. The van der Waals surface area contributed by atoms with E-state index in [-0.39, 0.29) is 31.3 Å². The first kappa shape index (κ1) is 24.1. The maximum absolute atomic E-state index is 13.1. The lowest BCUT2D eigenvalue weighted by Crippen LogP contribution is -2.50. The van der Waals surface area contributed by atoms with Crippen molar-refractivity contribution in [3.63, 3.8) is 0 Å². The van der Waals surface area contributed by atoms with E-state index in [1.54, 1.807) is 24.9 Å². The van der Waals surface area contributed by atoms with E-state index in [4.69, 9.17) is 9.99 Å². The van der Waals surface area contributed by atoms with Crippen LogP contribution in [0.4, 0.5) is 0 Å². The Morgan fingerprint density at radius 1 is 1.23 bits per heavy atom. The van der Waals surface area contributed by atoms with Crippen molar-refractivity contribution in [2.24, 2.45) is 17.8 Å². The summed E-state index contributed by atoms with van der Waals surface area (Å²) in [4.78, 5) is 44.6. The molecule has 0 bridgehead atoms. The number of amides is 2. The second-order valence-corrected chi connectivity index (χ2v) is 8.18. The molecule has 0 aromatic rings. The van der Waals surface area contributed by atoms with Crippen molar-refractivity contribution in [2.75, 3.05) is 20.2 Å². The molecule has 2 N–H and O–H groups in total. The quantitative estimate of drug-likeness (QED) is 0.164. The second kappa shape index (κ2) is 10.7. The summed E-state index contributed by atoms with van der Waals surface area (Å²) in [6.45, 7) is 9.90. The Morgan fingerprint density at radius 2 is 1.93 bits per heavy atom. The van der Waals surface area contributed by atoms with E-state index in [2.05, 4.69) is 23.4 Å². The van der Waals surface area contributed by atoms with Gasteiger partial charge in [0.1, 0.15) is 5.54 Å². The Labute approximate surface area is 178 Å². The molecule has 0 aliphatic heterocycles. The zero-order chi connectivity index (χ0) is 22.3. The fourth-order valence-corrected chi connectivity index (χ4v) is 4.25. The predicted molar refractivity (Wildman–Crippen MR) is 111 cm³/mol. The Balaban J connectivity index is 2.07. The van der Waals surface area contributed by atoms with Gasteiger partial charge in [-0.15, -0.1) is 13.2 Å². The van der Waals surface area contributed by atoms with Gasteiger partial charge >= 0.3 is 5.97 Å². The molecule has 30 heavy (non-hydrogen) atoms. The third kappa shape index (κ3) is 5.29. The van der Waals surface area contributed by atoms with Gasteiger partial charge in [-0.25, -0.2) is 9.68 Å². The van der Waals surface area contributed by atoms with Crippen LogP contribution in [-0.4, -0.2) is 59.8 Å². The van der Waals surface area contributed by atoms with Gasteiger partial charge in [0.25, 0.3) is 0 Å². The first-order chi connectivity index (χ1) is 14.3. The predicted octanol–water partition coefficient (Wildman–Crippen LogP) is 2.31. The van der Waals surface area contributed by atoms with Crippen LogP contribution in [0.25, 0.3) is 0 Å². The summed E-state index contributed by atoms with van der Waals surface area (Å²) in [6, 6.07) is 0. The number of nitrogens with one attached hydrogen (secondary N) is 1. The zero-order valence-electron chi connectivity index (χ0n) is 18.0. The Hall–Kier alpha value is -2.19. The van der Waals surface area contributed by atoms with Gasteiger partial charge in [-0.05, 0) is 45.4 Å². The van der Waals surface area contributed by atoms with Gasteiger partial charge in [-0.2, -0.15) is 0 Å². The van der Waals surface area contributed by atoms with Gasteiger partial charge < -0.3 is 15.0 Å². The molecule has 0 saturated heterocycles. The molecule has 0 heterocycles. The van der Waals surface area contributed by atoms with Gasteiger partial charge in [0, 0.05) is 19.5 Å². The molecule has 2 amide bonds. The highest BCUT2D eigenvalue weighted by molar-refractivity contribution is 5.94. The van der Waals surface area contributed by atoms with Crippen LogP contribution in [0, 0.1) is 17.8 Å². The minimum Gasteiger partial charge on any atom is -0.464 e. The molecule has 2 rings (SSSR count). The molecule has 0 spiro atoms. The van der Waals surface area contributed by atoms with E-state index in [0.29, 0.717) is 13.0 Å². The fourth-order valence-electron chi connectivity index (χ4n) is 4.25. The summed E-state index contributed by atoms with van der Waals surface area (Å²) in [6.07, 6.45) is 6.42. The van der Waals surface area contributed by atoms with E-state index in [9.17, 15) is 14.4 Å². The van der Waals surface area contributed by atoms with Gasteiger partial charge in [0.2, 0.25) is 11.8 Å². The smallest absolute Gasteiger partial charge is 0.332 e. The van der Waals surface area contributed by atoms with E-state index < -0.39 is 35.4 Å². The Kier molecular flexibility index (Phi) is 8.61. The van der Waals surface area contributed by atoms with E-state index >= 15 is 0 Å². The number of allylic oxidation sites excluding steroid dienone is 1. The SMILES string of the molecule is C=CCCCCN(C)C(=O)[C@@H]1C[C@H](OO)C[C@H]1C(=O)N[C@]1(C(=O)OCC)C[C@H]1C=C. The number of hydrogen-bond donors (Lipinski definition) is 2. The summed E-state index contributed by atoms with van der Waals surface area (Å²) >= 11 is 0. The molecular formula is C22H34N2O6. The third-order valence-electron chi connectivity index (χ3n) is 6.14. The number of hydrogen-bond acceptors (Lipinski definition) is 6. The lowest BCUT2D eigenvalue weighted by atomic mass is 9.93. The third-order valence-corrected chi connectivity index (χ3v) is 6.14. The summed E-state index contributed by atoms with van der Waals surface area (Å²) in [7, 11) is 1.72. The normalized spacial score (nSPS) is 29.7. The highest BCUT2D eigenvalue weighted by Crippen LogP contribution is 2.46. The Bertz CT molecular complexity index is 666. The number of carbonyl (C=O) groups excluding carboxylic acids is 3. The zero-order valence-corrected chi connectivity index (χ0v) is 18.0. The summed E-state index contributed by atoms with van der Waals surface area (Å²) in [5.74, 6) is -2.55. The molecule has 5 atom stereocenters. The fraction of sp³-hybridized carbons (Fsp3) is 0.682. The van der Waals surface area contributed by atoms with Crippen molar-refractivity contribution in [1.82, 2.24) is 10.2 Å². The number of nitrogens with zero attached hydrogens (tertiary/aromatic N) is 1. The lowest BCUT2D eigenvalue weighted by Gasteiger charge is -2.26. The standard InChI is InChI=1S/C22H34N2O6/c1-5-8-9-10-11-24(4)20(26)18-13-16(30-28)12-17(18)19(25)23-22(14-15(22)6-2)21(27)29-7-3/h5-6,15-18,28H,1-2,7-14H2,3-4H3,(H,23,25)/t15-,16-,17-,18-,22-/m1/s1. The lowest BCUT2D eigenvalue weighted by molar-refractivity contribution is -0.277. The summed E-state index contributed by atoms with van der Waals surface area (Å²) in [5.41, 5.74) is -1.11. The monoisotopic (exact) mass is 422 g/mol. The molecule has 2 aliphatic carbocycles. The number of rotatable bonds is 12. The van der Waals surface area contributed by atoms with Crippen molar-refractivity contribution in [1.29, 1.82) is 0 Å². The molecule has 0 unspecified atom stereocenters. The first-order valence-electron chi connectivity index (χ1n) is 10.6. The first-order valence-corrected chi connectivity index (χ1v) is 10.6. The van der Waals surface area contributed by atoms with Crippen LogP contribution < -0.4 is 5.32 Å². The van der Waals surface area contributed by atoms with E-state index in [1.807, 2.05) is 6.08 Å². The molecule has 0 radical (unpaired) electrons. The minimum atomic E-state index is -1.11. The van der Waals surface area contributed by atoms with Crippen LogP contribution >= 0.6 is 0 Å². The van der Waals surface area contributed by atoms with Crippen LogP contribution in [0.5, 0.6) is 0 Å². The molecule has 8 nitrogen and oxygen atoms in total. The van der Waals surface area contributed by atoms with E-state index in [1.165, 1.54) is 0 Å². The number of esters is 1. The second-order valence-electron chi connectivity index (χ2n) is 8.18. The number of ether oxygens (including phenoxy) is 1. The molecule has 2 fully saturated rings. The molecule has 0 aromatic heterocycles. The molecular weight excluding hydrogens is 388 g/mol. The van der Waals surface area contributed by atoms with Crippen LogP contribution in [0.3, 0.4) is 0 Å². The molecule has 168 valence electrons. The average molecular weight is 423 g/mol. The topological polar surface area (TPSA) is 105 Å². The maximum Gasteiger partial charge on any atom is 0.332 e. The van der Waals surface area contributed by atoms with Gasteiger partial charge in [-0.1, -0.05) is 12.2 Å². The number of unbranched alkanes of at least 4 members (excludes halogenated alkanes) is 2. The molecule has 0 aromatic carbocycles. The average Bonchev–Trinajstić information content (AvgIpc) is 3.28. The van der Waals surface area contributed by atoms with Crippen molar-refractivity contribution in [2.45, 2.75) is 57.1 Å². The van der Waals surface area contributed by atoms with Gasteiger partial charge in [0.15, 0.2) is 0 Å². The molecule has 2 aliphatic rings. The molecule has 2 saturated carbocycles. The van der Waals surface area contributed by atoms with Crippen LogP contribution in [0.2, 0.25) is 0 Å².